The molecule has 1 aromatic rings. The lowest BCUT2D eigenvalue weighted by Gasteiger charge is -2.46. The van der Waals surface area contributed by atoms with Crippen molar-refractivity contribution >= 4 is 18.1 Å². The summed E-state index contributed by atoms with van der Waals surface area (Å²) in [7, 11) is 2.14. The van der Waals surface area contributed by atoms with Crippen molar-refractivity contribution in [2.24, 2.45) is 0 Å². The van der Waals surface area contributed by atoms with Crippen molar-refractivity contribution in [3.05, 3.63) is 23.8 Å². The predicted octanol–water partition coefficient (Wildman–Crippen LogP) is 1.42. The Balaban J connectivity index is 0.000000853. The number of anilines is 1. The molecular weight excluding hydrogens is 212 g/mol. The van der Waals surface area contributed by atoms with E-state index in [4.69, 9.17) is 0 Å². The van der Waals surface area contributed by atoms with Crippen LogP contribution in [0, 0.1) is 0 Å². The maximum atomic E-state index is 9.36. The molecule has 0 saturated carbocycles. The highest BCUT2D eigenvalue weighted by atomic mass is 35.5. The number of hydrogen-bond acceptors (Lipinski definition) is 3. The number of likely N-dealkylation sites (N-methyl/N-ethyl adjacent to an activating group) is 1. The first-order valence-electron chi connectivity index (χ1n) is 4.96. The first kappa shape index (κ1) is 10.6. The average molecular weight is 227 g/mol. The van der Waals surface area contributed by atoms with E-state index >= 15 is 0 Å². The molecule has 2 heterocycles. The fourth-order valence-corrected chi connectivity index (χ4v) is 2.77. The van der Waals surface area contributed by atoms with Crippen LogP contribution >= 0.6 is 12.4 Å². The van der Waals surface area contributed by atoms with E-state index < -0.39 is 0 Å². The van der Waals surface area contributed by atoms with Gasteiger partial charge in [0.2, 0.25) is 0 Å². The van der Waals surface area contributed by atoms with Gasteiger partial charge in [-0.1, -0.05) is 6.07 Å². The Morgan fingerprint density at radius 1 is 1.40 bits per heavy atom. The molecular formula is C11H15ClN2O. The molecule has 82 valence electrons. The second-order valence-electron chi connectivity index (χ2n) is 4.54. The van der Waals surface area contributed by atoms with Crippen LogP contribution in [0.2, 0.25) is 0 Å². The minimum Gasteiger partial charge on any atom is -0.508 e. The molecule has 0 amide bonds. The molecule has 0 unspecified atom stereocenters. The fourth-order valence-electron chi connectivity index (χ4n) is 2.77. The zero-order valence-electron chi connectivity index (χ0n) is 8.66. The van der Waals surface area contributed by atoms with Gasteiger partial charge in [0.25, 0.3) is 0 Å². The molecule has 1 spiro atoms. The molecule has 0 radical (unpaired) electrons. The molecule has 1 fully saturated rings. The zero-order chi connectivity index (χ0) is 9.76. The monoisotopic (exact) mass is 226 g/mol. The quantitative estimate of drug-likeness (QED) is 0.703. The second kappa shape index (κ2) is 3.29. The molecule has 3 nitrogen and oxygen atoms in total. The summed E-state index contributed by atoms with van der Waals surface area (Å²) in [6, 6.07) is 5.66. The largest absolute Gasteiger partial charge is 0.508 e. The zero-order valence-corrected chi connectivity index (χ0v) is 9.47. The van der Waals surface area contributed by atoms with Gasteiger partial charge in [0, 0.05) is 36.8 Å². The van der Waals surface area contributed by atoms with Crippen molar-refractivity contribution in [2.75, 3.05) is 32.0 Å². The van der Waals surface area contributed by atoms with Crippen LogP contribution in [0.1, 0.15) is 5.56 Å². The molecule has 2 N–H and O–H groups in total. The van der Waals surface area contributed by atoms with Gasteiger partial charge in [-0.3, -0.25) is 0 Å². The van der Waals surface area contributed by atoms with Gasteiger partial charge in [-0.25, -0.2) is 0 Å². The standard InChI is InChI=1S/C11H14N2O.ClH/c1-13-6-11(7-13)5-12-10-4-8(14)2-3-9(10)11;/h2-4,12,14H,5-7H2,1H3;1H. The molecule has 2 aliphatic rings. The summed E-state index contributed by atoms with van der Waals surface area (Å²) in [6.07, 6.45) is 0. The van der Waals surface area contributed by atoms with Crippen molar-refractivity contribution in [1.29, 1.82) is 0 Å². The Morgan fingerprint density at radius 3 is 2.80 bits per heavy atom. The Kier molecular flexibility index (Phi) is 2.32. The highest BCUT2D eigenvalue weighted by Gasteiger charge is 2.46. The van der Waals surface area contributed by atoms with E-state index in [0.29, 0.717) is 11.2 Å². The molecule has 1 aromatic carbocycles. The normalized spacial score (nSPS) is 21.4. The summed E-state index contributed by atoms with van der Waals surface area (Å²) in [4.78, 5) is 2.32. The van der Waals surface area contributed by atoms with Gasteiger partial charge in [-0.2, -0.15) is 0 Å². The number of phenolic OH excluding ortho intramolecular Hbond substituents is 1. The number of rotatable bonds is 0. The number of nitrogens with zero attached hydrogens (tertiary/aromatic N) is 1. The number of halogens is 1. The van der Waals surface area contributed by atoms with Gasteiger partial charge in [-0.05, 0) is 18.7 Å². The van der Waals surface area contributed by atoms with E-state index in [0.717, 1.165) is 25.3 Å². The number of aromatic hydroxyl groups is 1. The smallest absolute Gasteiger partial charge is 0.117 e. The predicted molar refractivity (Wildman–Crippen MR) is 63.0 cm³/mol. The number of fused-ring (bicyclic) bond motifs is 2. The highest BCUT2D eigenvalue weighted by Crippen LogP contribution is 2.43. The van der Waals surface area contributed by atoms with Crippen LogP contribution < -0.4 is 5.32 Å². The topological polar surface area (TPSA) is 35.5 Å². The summed E-state index contributed by atoms with van der Waals surface area (Å²) >= 11 is 0. The van der Waals surface area contributed by atoms with Crippen LogP contribution in [0.4, 0.5) is 5.69 Å². The number of hydrogen-bond donors (Lipinski definition) is 2. The third-order valence-electron chi connectivity index (χ3n) is 3.34. The van der Waals surface area contributed by atoms with Gasteiger partial charge in [-0.15, -0.1) is 12.4 Å². The lowest BCUT2D eigenvalue weighted by molar-refractivity contribution is 0.109. The summed E-state index contributed by atoms with van der Waals surface area (Å²) < 4.78 is 0. The fraction of sp³-hybridized carbons (Fsp3) is 0.455. The number of benzene rings is 1. The van der Waals surface area contributed by atoms with Gasteiger partial charge < -0.3 is 15.3 Å². The van der Waals surface area contributed by atoms with Gasteiger partial charge in [0.05, 0.1) is 0 Å². The number of phenols is 1. The summed E-state index contributed by atoms with van der Waals surface area (Å²) in [6.45, 7) is 3.26. The van der Waals surface area contributed by atoms with Crippen LogP contribution in [0.5, 0.6) is 5.75 Å². The molecule has 1 saturated heterocycles. The van der Waals surface area contributed by atoms with E-state index in [2.05, 4.69) is 23.3 Å². The third kappa shape index (κ3) is 1.38. The summed E-state index contributed by atoms with van der Waals surface area (Å²) in [5, 5.41) is 12.7. The molecule has 0 aromatic heterocycles. The van der Waals surface area contributed by atoms with E-state index in [9.17, 15) is 5.11 Å². The minimum absolute atomic E-state index is 0. The van der Waals surface area contributed by atoms with Crippen LogP contribution in [-0.2, 0) is 5.41 Å². The number of likely N-dealkylation sites (tertiary alicyclic amines) is 1. The van der Waals surface area contributed by atoms with Crippen LogP contribution in [0.3, 0.4) is 0 Å². The second-order valence-corrected chi connectivity index (χ2v) is 4.54. The molecule has 3 rings (SSSR count). The molecule has 2 aliphatic heterocycles. The molecule has 15 heavy (non-hydrogen) atoms. The average Bonchev–Trinajstić information content (AvgIpc) is 2.44. The van der Waals surface area contributed by atoms with Crippen molar-refractivity contribution in [3.63, 3.8) is 0 Å². The van der Waals surface area contributed by atoms with Crippen LogP contribution in [0.15, 0.2) is 18.2 Å². The third-order valence-corrected chi connectivity index (χ3v) is 3.34. The van der Waals surface area contributed by atoms with E-state index in [-0.39, 0.29) is 12.4 Å². The van der Waals surface area contributed by atoms with E-state index in [1.54, 1.807) is 6.07 Å². The lowest BCUT2D eigenvalue weighted by Crippen LogP contribution is -2.58. The van der Waals surface area contributed by atoms with Crippen LogP contribution in [0.25, 0.3) is 0 Å². The Morgan fingerprint density at radius 2 is 2.13 bits per heavy atom. The van der Waals surface area contributed by atoms with Crippen molar-refractivity contribution in [1.82, 2.24) is 4.90 Å². The van der Waals surface area contributed by atoms with Gasteiger partial charge in [0.1, 0.15) is 5.75 Å². The molecule has 0 bridgehead atoms. The highest BCUT2D eigenvalue weighted by molar-refractivity contribution is 5.85. The molecule has 0 atom stereocenters. The minimum atomic E-state index is 0. The summed E-state index contributed by atoms with van der Waals surface area (Å²) in [5.74, 6) is 0.348. The van der Waals surface area contributed by atoms with Gasteiger partial charge >= 0.3 is 0 Å². The number of nitrogens with one attached hydrogen (secondary N) is 1. The van der Waals surface area contributed by atoms with E-state index in [1.807, 2.05) is 6.07 Å². The molecule has 4 heteroatoms. The van der Waals surface area contributed by atoms with Gasteiger partial charge in [0.15, 0.2) is 0 Å². The summed E-state index contributed by atoms with van der Waals surface area (Å²) in [5.41, 5.74) is 2.80. The van der Waals surface area contributed by atoms with Crippen molar-refractivity contribution < 1.29 is 5.11 Å². The van der Waals surface area contributed by atoms with Crippen molar-refractivity contribution in [3.8, 4) is 5.75 Å². The first-order chi connectivity index (χ1) is 6.70. The first-order valence-corrected chi connectivity index (χ1v) is 4.96. The van der Waals surface area contributed by atoms with Crippen LogP contribution in [-0.4, -0.2) is 36.7 Å². The molecule has 0 aliphatic carbocycles. The Hall–Kier alpha value is -0.930. The Labute approximate surface area is 95.5 Å². The van der Waals surface area contributed by atoms with Crippen molar-refractivity contribution in [2.45, 2.75) is 5.41 Å². The Bertz CT molecular complexity index is 388. The van der Waals surface area contributed by atoms with E-state index in [1.165, 1.54) is 5.56 Å². The maximum absolute atomic E-state index is 9.36. The SMILES string of the molecule is CN1CC2(CNc3cc(O)ccc32)C1.Cl. The maximum Gasteiger partial charge on any atom is 0.117 e. The lowest BCUT2D eigenvalue weighted by atomic mass is 9.76.